The number of oxime groups is 1. The number of ketones is 1. The molecule has 0 bridgehead atoms. The highest BCUT2D eigenvalue weighted by Gasteiger charge is 2.37. The Morgan fingerprint density at radius 1 is 1.26 bits per heavy atom. The first-order valence-electron chi connectivity index (χ1n) is 4.74. The first-order chi connectivity index (χ1) is 8.75. The maximum atomic E-state index is 12.6. The summed E-state index contributed by atoms with van der Waals surface area (Å²) in [5.41, 5.74) is -2.60. The molecule has 0 fully saturated rings. The highest BCUT2D eigenvalue weighted by Crippen LogP contribution is 2.38. The lowest BCUT2D eigenvalue weighted by atomic mass is 9.98. The van der Waals surface area contributed by atoms with Gasteiger partial charge in [0.15, 0.2) is 0 Å². The lowest BCUT2D eigenvalue weighted by Gasteiger charge is -2.19. The summed E-state index contributed by atoms with van der Waals surface area (Å²) in [6.07, 6.45) is -4.72. The van der Waals surface area contributed by atoms with Gasteiger partial charge in [0.25, 0.3) is 5.91 Å². The average Bonchev–Trinajstić information content (AvgIpc) is 2.29. The van der Waals surface area contributed by atoms with Crippen molar-refractivity contribution in [1.29, 1.82) is 0 Å². The van der Waals surface area contributed by atoms with E-state index in [2.05, 4.69) is 5.16 Å². The van der Waals surface area contributed by atoms with E-state index in [9.17, 15) is 22.8 Å². The van der Waals surface area contributed by atoms with Gasteiger partial charge in [0, 0.05) is 5.56 Å². The van der Waals surface area contributed by atoms with E-state index in [0.717, 1.165) is 6.07 Å². The fourth-order valence-corrected chi connectivity index (χ4v) is 1.86. The van der Waals surface area contributed by atoms with Gasteiger partial charge in [-0.25, -0.2) is 0 Å². The first-order valence-corrected chi connectivity index (χ1v) is 5.12. The van der Waals surface area contributed by atoms with Crippen molar-refractivity contribution in [3.05, 3.63) is 28.3 Å². The zero-order valence-corrected chi connectivity index (χ0v) is 9.63. The second-order valence-corrected chi connectivity index (χ2v) is 4.01. The molecule has 0 atom stereocenters. The average molecular weight is 293 g/mol. The molecule has 0 aromatic heterocycles. The minimum absolute atomic E-state index is 0.273. The number of nitrogens with one attached hydrogen (secondary N) is 1. The Labute approximate surface area is 108 Å². The van der Waals surface area contributed by atoms with Crippen molar-refractivity contribution in [3.63, 3.8) is 0 Å². The van der Waals surface area contributed by atoms with Crippen LogP contribution in [0.3, 0.4) is 0 Å². The largest absolute Gasteiger partial charge is 0.417 e. The molecule has 1 heterocycles. The third kappa shape index (κ3) is 2.14. The number of alkyl halides is 3. The summed E-state index contributed by atoms with van der Waals surface area (Å²) in [4.78, 5) is 23.0. The molecule has 0 unspecified atom stereocenters. The van der Waals surface area contributed by atoms with E-state index in [1.54, 1.807) is 0 Å². The fourth-order valence-electron chi connectivity index (χ4n) is 1.58. The summed E-state index contributed by atoms with van der Waals surface area (Å²) < 4.78 is 37.8. The summed E-state index contributed by atoms with van der Waals surface area (Å²) in [5.74, 6) is -2.09. The van der Waals surface area contributed by atoms with Crippen LogP contribution < -0.4 is 5.32 Å². The monoisotopic (exact) mass is 292 g/mol. The van der Waals surface area contributed by atoms with Crippen LogP contribution in [0.25, 0.3) is 0 Å². The van der Waals surface area contributed by atoms with Gasteiger partial charge in [-0.05, 0) is 12.1 Å². The van der Waals surface area contributed by atoms with Crippen LogP contribution in [0.2, 0.25) is 5.02 Å². The highest BCUT2D eigenvalue weighted by atomic mass is 35.5. The predicted octanol–water partition coefficient (Wildman–Crippen LogP) is 2.32. The number of hydrogen-bond acceptors (Lipinski definition) is 4. The molecule has 0 aliphatic carbocycles. The molecule has 2 rings (SSSR count). The number of anilines is 1. The predicted molar refractivity (Wildman–Crippen MR) is 58.6 cm³/mol. The van der Waals surface area contributed by atoms with Crippen LogP contribution in [0, 0.1) is 0 Å². The van der Waals surface area contributed by atoms with Crippen molar-refractivity contribution in [3.8, 4) is 0 Å². The lowest BCUT2D eigenvalue weighted by molar-refractivity contribution is -0.137. The second-order valence-electron chi connectivity index (χ2n) is 3.61. The number of fused-ring (bicyclic) bond motifs is 1. The van der Waals surface area contributed by atoms with E-state index >= 15 is 0 Å². The Hall–Kier alpha value is -2.09. The molecule has 19 heavy (non-hydrogen) atoms. The van der Waals surface area contributed by atoms with Crippen LogP contribution in [0.5, 0.6) is 0 Å². The molecular weight excluding hydrogens is 289 g/mol. The Balaban J connectivity index is 2.65. The van der Waals surface area contributed by atoms with E-state index in [0.29, 0.717) is 6.07 Å². The molecule has 1 aliphatic heterocycles. The van der Waals surface area contributed by atoms with Gasteiger partial charge in [0.1, 0.15) is 0 Å². The molecular formula is C10H4ClF3N2O3. The van der Waals surface area contributed by atoms with Crippen LogP contribution >= 0.6 is 11.6 Å². The first kappa shape index (κ1) is 13.3. The number of carbonyl (C=O) groups is 2. The Morgan fingerprint density at radius 2 is 1.89 bits per heavy atom. The number of hydrogen-bond donors (Lipinski definition) is 2. The molecule has 0 radical (unpaired) electrons. The van der Waals surface area contributed by atoms with Crippen LogP contribution in [0.1, 0.15) is 15.9 Å². The quantitative estimate of drug-likeness (QED) is 0.569. The molecule has 1 amide bonds. The molecule has 1 aromatic carbocycles. The summed E-state index contributed by atoms with van der Waals surface area (Å²) in [6, 6.07) is 1.33. The van der Waals surface area contributed by atoms with E-state index in [1.165, 1.54) is 0 Å². The maximum absolute atomic E-state index is 12.6. The van der Waals surface area contributed by atoms with Crippen LogP contribution in [-0.2, 0) is 11.0 Å². The zero-order chi connectivity index (χ0) is 14.4. The normalized spacial score (nSPS) is 17.4. The molecule has 5 nitrogen and oxygen atoms in total. The number of Topliss-reactive ketones (excluding diaryl/α,β-unsaturated/α-hetero) is 1. The number of benzene rings is 1. The van der Waals surface area contributed by atoms with Gasteiger partial charge in [-0.2, -0.15) is 13.2 Å². The molecule has 1 aromatic rings. The summed E-state index contributed by atoms with van der Waals surface area (Å²) >= 11 is 5.45. The number of halogens is 4. The third-order valence-corrected chi connectivity index (χ3v) is 2.75. The number of rotatable bonds is 0. The highest BCUT2D eigenvalue weighted by molar-refractivity contribution is 6.72. The molecule has 0 saturated carbocycles. The number of nitrogens with zero attached hydrogens (tertiary/aromatic N) is 1. The minimum atomic E-state index is -4.72. The van der Waals surface area contributed by atoms with Gasteiger partial charge in [0.05, 0.1) is 16.3 Å². The molecule has 100 valence electrons. The van der Waals surface area contributed by atoms with Crippen molar-refractivity contribution in [1.82, 2.24) is 0 Å². The topological polar surface area (TPSA) is 78.8 Å². The summed E-state index contributed by atoms with van der Waals surface area (Å²) in [6.45, 7) is 0. The van der Waals surface area contributed by atoms with Gasteiger partial charge in [-0.15, -0.1) is 0 Å². The smallest absolute Gasteiger partial charge is 0.410 e. The van der Waals surface area contributed by atoms with Crippen molar-refractivity contribution < 1.29 is 28.0 Å². The van der Waals surface area contributed by atoms with Gasteiger partial charge < -0.3 is 10.5 Å². The van der Waals surface area contributed by atoms with Crippen molar-refractivity contribution in [2.45, 2.75) is 6.18 Å². The number of carbonyl (C=O) groups excluding carboxylic acids is 2. The Morgan fingerprint density at radius 3 is 2.42 bits per heavy atom. The van der Waals surface area contributed by atoms with E-state index < -0.39 is 34.2 Å². The third-order valence-electron chi connectivity index (χ3n) is 2.44. The Kier molecular flexibility index (Phi) is 2.97. The SMILES string of the molecule is O=C1Nc2cc(C(F)(F)F)c(Cl)cc2C(=O)C1=NO. The van der Waals surface area contributed by atoms with Crippen molar-refractivity contribution >= 4 is 34.7 Å². The fraction of sp³-hybridized carbons (Fsp3) is 0.100. The Bertz CT molecular complexity index is 625. The van der Waals surface area contributed by atoms with Gasteiger partial charge in [-0.3, -0.25) is 9.59 Å². The molecule has 9 heteroatoms. The minimum Gasteiger partial charge on any atom is -0.410 e. The molecule has 0 saturated heterocycles. The van der Waals surface area contributed by atoms with Gasteiger partial charge in [-0.1, -0.05) is 16.8 Å². The van der Waals surface area contributed by atoms with E-state index in [4.69, 9.17) is 16.8 Å². The van der Waals surface area contributed by atoms with Crippen molar-refractivity contribution in [2.75, 3.05) is 5.32 Å². The molecule has 1 aliphatic rings. The van der Waals surface area contributed by atoms with Crippen LogP contribution in [0.4, 0.5) is 18.9 Å². The van der Waals surface area contributed by atoms with Gasteiger partial charge >= 0.3 is 6.18 Å². The number of amides is 1. The summed E-state index contributed by atoms with van der Waals surface area (Å²) in [5, 5.41) is 12.3. The standard InChI is InChI=1S/C10H4ClF3N2O3/c11-5-1-3-6(2-4(5)10(12,13)14)15-9(18)7(16-19)8(3)17/h1-2,19H,(H,15,18). The van der Waals surface area contributed by atoms with E-state index in [-0.39, 0.29) is 11.3 Å². The lowest BCUT2D eigenvalue weighted by Crippen LogP contribution is -2.36. The second kappa shape index (κ2) is 4.23. The maximum Gasteiger partial charge on any atom is 0.417 e. The van der Waals surface area contributed by atoms with Crippen LogP contribution in [0.15, 0.2) is 17.3 Å². The summed E-state index contributed by atoms with van der Waals surface area (Å²) in [7, 11) is 0. The molecule has 0 spiro atoms. The van der Waals surface area contributed by atoms with E-state index in [1.807, 2.05) is 5.32 Å². The molecule has 2 N–H and O–H groups in total. The zero-order valence-electron chi connectivity index (χ0n) is 8.88. The van der Waals surface area contributed by atoms with Gasteiger partial charge in [0.2, 0.25) is 11.5 Å². The van der Waals surface area contributed by atoms with Crippen molar-refractivity contribution in [2.24, 2.45) is 5.16 Å². The van der Waals surface area contributed by atoms with Crippen LogP contribution in [-0.4, -0.2) is 22.6 Å².